The van der Waals surface area contributed by atoms with Crippen LogP contribution in [0.3, 0.4) is 0 Å². The number of carboxylic acids is 1. The van der Waals surface area contributed by atoms with Gasteiger partial charge in [-0.05, 0) is 12.0 Å². The number of H-pyrrole nitrogens is 1. The van der Waals surface area contributed by atoms with E-state index in [4.69, 9.17) is 0 Å². The number of nitrogens with one attached hydrogen (secondary N) is 2. The number of fused-ring (bicyclic) bond motifs is 1. The van der Waals surface area contributed by atoms with Crippen LogP contribution in [0, 0.1) is 5.92 Å². The fourth-order valence-electron chi connectivity index (χ4n) is 2.18. The van der Waals surface area contributed by atoms with Gasteiger partial charge in [0.25, 0.3) is 11.5 Å². The first-order chi connectivity index (χ1) is 10.5. The highest BCUT2D eigenvalue weighted by atomic mass is 16.4. The highest BCUT2D eigenvalue weighted by Crippen LogP contribution is 2.14. The summed E-state index contributed by atoms with van der Waals surface area (Å²) in [6, 6.07) is 5.54. The SMILES string of the molecule is CCC(C)C(NC(=O)c1n[nH]c(=O)c2ccccc12)C(=O)O. The Kier molecular flexibility index (Phi) is 4.55. The van der Waals surface area contributed by atoms with Crippen molar-refractivity contribution in [1.82, 2.24) is 15.5 Å². The number of carbonyl (C=O) groups is 2. The second-order valence-electron chi connectivity index (χ2n) is 5.12. The standard InChI is InChI=1S/C15H17N3O4/c1-3-8(2)11(15(21)22)16-14(20)12-9-6-4-5-7-10(9)13(19)18-17-12/h4-8,11H,3H2,1-2H3,(H,16,20)(H,18,19)(H,21,22). The number of carbonyl (C=O) groups excluding carboxylic acids is 1. The van der Waals surface area contributed by atoms with Crippen LogP contribution in [0.25, 0.3) is 10.8 Å². The fraction of sp³-hybridized carbons (Fsp3) is 0.333. The summed E-state index contributed by atoms with van der Waals surface area (Å²) in [5.74, 6) is -1.95. The van der Waals surface area contributed by atoms with E-state index in [0.717, 1.165) is 0 Å². The molecule has 2 unspecified atom stereocenters. The Morgan fingerprint density at radius 2 is 1.95 bits per heavy atom. The Morgan fingerprint density at radius 3 is 2.55 bits per heavy atom. The summed E-state index contributed by atoms with van der Waals surface area (Å²) >= 11 is 0. The second kappa shape index (κ2) is 6.38. The van der Waals surface area contributed by atoms with E-state index in [2.05, 4.69) is 15.5 Å². The predicted molar refractivity (Wildman–Crippen MR) is 80.7 cm³/mol. The molecular weight excluding hydrogens is 286 g/mol. The summed E-state index contributed by atoms with van der Waals surface area (Å²) in [5.41, 5.74) is -0.395. The molecule has 1 heterocycles. The summed E-state index contributed by atoms with van der Waals surface area (Å²) in [5, 5.41) is 18.4. The number of rotatable bonds is 5. The van der Waals surface area contributed by atoms with Crippen LogP contribution in [0.15, 0.2) is 29.1 Å². The number of aromatic amines is 1. The van der Waals surface area contributed by atoms with Gasteiger partial charge in [0.1, 0.15) is 6.04 Å². The summed E-state index contributed by atoms with van der Waals surface area (Å²) in [7, 11) is 0. The molecule has 0 radical (unpaired) electrons. The third-order valence-electron chi connectivity index (χ3n) is 3.68. The number of benzene rings is 1. The third kappa shape index (κ3) is 2.98. The van der Waals surface area contributed by atoms with Crippen LogP contribution in [0.4, 0.5) is 0 Å². The third-order valence-corrected chi connectivity index (χ3v) is 3.68. The van der Waals surface area contributed by atoms with Crippen molar-refractivity contribution in [1.29, 1.82) is 0 Å². The summed E-state index contributed by atoms with van der Waals surface area (Å²) in [6.07, 6.45) is 0.608. The Morgan fingerprint density at radius 1 is 1.32 bits per heavy atom. The van der Waals surface area contributed by atoms with Gasteiger partial charge in [-0.15, -0.1) is 0 Å². The summed E-state index contributed by atoms with van der Waals surface area (Å²) in [6.45, 7) is 3.60. The van der Waals surface area contributed by atoms with Crippen molar-refractivity contribution in [2.45, 2.75) is 26.3 Å². The predicted octanol–water partition coefficient (Wildman–Crippen LogP) is 1.15. The smallest absolute Gasteiger partial charge is 0.326 e. The molecule has 1 aromatic carbocycles. The molecule has 0 saturated heterocycles. The molecule has 7 heteroatoms. The van der Waals surface area contributed by atoms with Gasteiger partial charge in [0.15, 0.2) is 5.69 Å². The van der Waals surface area contributed by atoms with E-state index in [0.29, 0.717) is 17.2 Å². The lowest BCUT2D eigenvalue weighted by molar-refractivity contribution is -0.140. The van der Waals surface area contributed by atoms with Crippen LogP contribution in [-0.2, 0) is 4.79 Å². The molecule has 0 fully saturated rings. The fourth-order valence-corrected chi connectivity index (χ4v) is 2.18. The average molecular weight is 303 g/mol. The Hall–Kier alpha value is -2.70. The number of amides is 1. The van der Waals surface area contributed by atoms with Gasteiger partial charge >= 0.3 is 5.97 Å². The monoisotopic (exact) mass is 303 g/mol. The molecule has 2 aromatic rings. The molecule has 7 nitrogen and oxygen atoms in total. The normalized spacial score (nSPS) is 13.5. The van der Waals surface area contributed by atoms with Gasteiger partial charge in [-0.25, -0.2) is 9.89 Å². The molecule has 116 valence electrons. The Balaban J connectivity index is 2.40. The zero-order valence-electron chi connectivity index (χ0n) is 12.3. The molecule has 2 rings (SSSR count). The largest absolute Gasteiger partial charge is 0.480 e. The van der Waals surface area contributed by atoms with Crippen LogP contribution in [0.5, 0.6) is 0 Å². The van der Waals surface area contributed by atoms with Gasteiger partial charge < -0.3 is 10.4 Å². The zero-order chi connectivity index (χ0) is 16.3. The minimum Gasteiger partial charge on any atom is -0.480 e. The van der Waals surface area contributed by atoms with Crippen LogP contribution in [0.1, 0.15) is 30.8 Å². The van der Waals surface area contributed by atoms with Gasteiger partial charge in [0, 0.05) is 5.39 Å². The molecule has 1 amide bonds. The Labute approximate surface area is 126 Å². The minimum atomic E-state index is -1.10. The van der Waals surface area contributed by atoms with Crippen molar-refractivity contribution in [3.8, 4) is 0 Å². The van der Waals surface area contributed by atoms with E-state index in [-0.39, 0.29) is 11.6 Å². The van der Waals surface area contributed by atoms with Gasteiger partial charge in [0.2, 0.25) is 0 Å². The van der Waals surface area contributed by atoms with Gasteiger partial charge in [0.05, 0.1) is 5.39 Å². The van der Waals surface area contributed by atoms with Crippen LogP contribution < -0.4 is 10.9 Å². The first kappa shape index (κ1) is 15.7. The first-order valence-corrected chi connectivity index (χ1v) is 6.96. The lowest BCUT2D eigenvalue weighted by atomic mass is 9.99. The van der Waals surface area contributed by atoms with E-state index >= 15 is 0 Å². The van der Waals surface area contributed by atoms with Crippen molar-refractivity contribution in [3.63, 3.8) is 0 Å². The number of hydrogen-bond donors (Lipinski definition) is 3. The quantitative estimate of drug-likeness (QED) is 0.767. The number of nitrogens with zero attached hydrogens (tertiary/aromatic N) is 1. The molecule has 22 heavy (non-hydrogen) atoms. The van der Waals surface area contributed by atoms with Crippen LogP contribution >= 0.6 is 0 Å². The molecular formula is C15H17N3O4. The highest BCUT2D eigenvalue weighted by molar-refractivity contribution is 6.05. The molecule has 3 N–H and O–H groups in total. The highest BCUT2D eigenvalue weighted by Gasteiger charge is 2.27. The van der Waals surface area contributed by atoms with E-state index < -0.39 is 23.5 Å². The van der Waals surface area contributed by atoms with Gasteiger partial charge in [-0.3, -0.25) is 9.59 Å². The molecule has 1 aromatic heterocycles. The molecule has 0 bridgehead atoms. The first-order valence-electron chi connectivity index (χ1n) is 6.96. The van der Waals surface area contributed by atoms with Crippen molar-refractivity contribution >= 4 is 22.6 Å². The van der Waals surface area contributed by atoms with Crippen molar-refractivity contribution in [2.75, 3.05) is 0 Å². The molecule has 2 atom stereocenters. The van der Waals surface area contributed by atoms with E-state index in [1.165, 1.54) is 0 Å². The molecule has 0 aliphatic heterocycles. The van der Waals surface area contributed by atoms with Crippen LogP contribution in [0.2, 0.25) is 0 Å². The minimum absolute atomic E-state index is 0.00440. The summed E-state index contributed by atoms with van der Waals surface area (Å²) in [4.78, 5) is 35.3. The number of hydrogen-bond acceptors (Lipinski definition) is 4. The molecule has 0 aliphatic carbocycles. The maximum Gasteiger partial charge on any atom is 0.326 e. The molecule has 0 aliphatic rings. The number of aromatic nitrogens is 2. The lowest BCUT2D eigenvalue weighted by Crippen LogP contribution is -2.45. The van der Waals surface area contributed by atoms with Crippen LogP contribution in [-0.4, -0.2) is 33.2 Å². The van der Waals surface area contributed by atoms with E-state index in [9.17, 15) is 19.5 Å². The van der Waals surface area contributed by atoms with E-state index in [1.807, 2.05) is 6.92 Å². The molecule has 0 spiro atoms. The van der Waals surface area contributed by atoms with Crippen molar-refractivity contribution < 1.29 is 14.7 Å². The summed E-state index contributed by atoms with van der Waals surface area (Å²) < 4.78 is 0. The van der Waals surface area contributed by atoms with Crippen molar-refractivity contribution in [3.05, 3.63) is 40.3 Å². The average Bonchev–Trinajstić information content (AvgIpc) is 2.52. The number of carboxylic acid groups (broad SMARTS) is 1. The zero-order valence-corrected chi connectivity index (χ0v) is 12.3. The Bertz CT molecular complexity index is 769. The van der Waals surface area contributed by atoms with Crippen molar-refractivity contribution in [2.24, 2.45) is 5.92 Å². The maximum absolute atomic E-state index is 12.3. The topological polar surface area (TPSA) is 112 Å². The van der Waals surface area contributed by atoms with E-state index in [1.54, 1.807) is 31.2 Å². The van der Waals surface area contributed by atoms with Gasteiger partial charge in [-0.1, -0.05) is 38.5 Å². The lowest BCUT2D eigenvalue weighted by Gasteiger charge is -2.20. The molecule has 0 saturated carbocycles. The second-order valence-corrected chi connectivity index (χ2v) is 5.12. The van der Waals surface area contributed by atoms with Gasteiger partial charge in [-0.2, -0.15) is 5.10 Å². The number of aliphatic carboxylic acids is 1. The maximum atomic E-state index is 12.3.